The van der Waals surface area contributed by atoms with Crippen LogP contribution in [0.1, 0.15) is 47.6 Å². The Bertz CT molecular complexity index is 1280. The van der Waals surface area contributed by atoms with Crippen LogP contribution >= 0.6 is 0 Å². The zero-order chi connectivity index (χ0) is 22.1. The number of hydrogen-bond donors (Lipinski definition) is 2. The highest BCUT2D eigenvalue weighted by molar-refractivity contribution is 6.03. The van der Waals surface area contributed by atoms with Crippen molar-refractivity contribution in [1.82, 2.24) is 9.99 Å². The maximum Gasteiger partial charge on any atom is 0.303 e. The molecular formula is C24H23N3O4. The lowest BCUT2D eigenvalue weighted by atomic mass is 9.97. The molecule has 1 aliphatic rings. The van der Waals surface area contributed by atoms with Crippen LogP contribution in [0.3, 0.4) is 0 Å². The van der Waals surface area contributed by atoms with Gasteiger partial charge in [0.15, 0.2) is 0 Å². The van der Waals surface area contributed by atoms with Crippen LogP contribution in [-0.4, -0.2) is 32.7 Å². The minimum atomic E-state index is -1.05. The highest BCUT2D eigenvalue weighted by Gasteiger charge is 2.34. The van der Waals surface area contributed by atoms with Crippen LogP contribution < -0.4 is 5.56 Å². The highest BCUT2D eigenvalue weighted by atomic mass is 16.4. The molecule has 0 spiro atoms. The minimum Gasteiger partial charge on any atom is -0.481 e. The highest BCUT2D eigenvalue weighted by Crippen LogP contribution is 2.33. The van der Waals surface area contributed by atoms with Gasteiger partial charge in [-0.25, -0.2) is 5.01 Å². The minimum absolute atomic E-state index is 0.180. The number of carbonyl (C=O) groups is 2. The number of nitrogens with one attached hydrogen (secondary N) is 1. The Balaban J connectivity index is 1.77. The molecular weight excluding hydrogens is 394 g/mol. The van der Waals surface area contributed by atoms with Gasteiger partial charge < -0.3 is 10.1 Å². The van der Waals surface area contributed by atoms with Gasteiger partial charge in [-0.15, -0.1) is 0 Å². The molecule has 158 valence electrons. The summed E-state index contributed by atoms with van der Waals surface area (Å²) in [6, 6.07) is 14.8. The average Bonchev–Trinajstić information content (AvgIpc) is 3.17. The predicted octanol–water partition coefficient (Wildman–Crippen LogP) is 3.69. The molecule has 0 bridgehead atoms. The largest absolute Gasteiger partial charge is 0.481 e. The standard InChI is InChI=1S/C24H23N3O4/c1-14-5-3-7-16(11-14)19-13-20(27(26-19)21(28)9-10-22(29)30)18-12-17-8-4-6-15(2)23(17)25-24(18)31/h3-8,11-12,20H,9-10,13H2,1-2H3,(H,25,31)(H,29,30). The molecule has 0 saturated heterocycles. The fraction of sp³-hybridized carbons (Fsp3) is 0.250. The van der Waals surface area contributed by atoms with Crippen LogP contribution in [0.2, 0.25) is 0 Å². The molecule has 2 heterocycles. The first-order valence-electron chi connectivity index (χ1n) is 10.1. The van der Waals surface area contributed by atoms with Crippen molar-refractivity contribution < 1.29 is 14.7 Å². The molecule has 2 N–H and O–H groups in total. The fourth-order valence-corrected chi connectivity index (χ4v) is 3.96. The monoisotopic (exact) mass is 417 g/mol. The molecule has 0 fully saturated rings. The van der Waals surface area contributed by atoms with Gasteiger partial charge in [0, 0.05) is 18.4 Å². The van der Waals surface area contributed by atoms with Crippen LogP contribution in [0.15, 0.2) is 58.4 Å². The van der Waals surface area contributed by atoms with Crippen LogP contribution in [0.25, 0.3) is 10.9 Å². The molecule has 0 aliphatic carbocycles. The second-order valence-corrected chi connectivity index (χ2v) is 7.86. The first-order chi connectivity index (χ1) is 14.8. The van der Waals surface area contributed by atoms with Crippen molar-refractivity contribution in [3.05, 3.63) is 81.1 Å². The molecule has 31 heavy (non-hydrogen) atoms. The molecule has 1 amide bonds. The van der Waals surface area contributed by atoms with E-state index in [2.05, 4.69) is 10.1 Å². The van der Waals surface area contributed by atoms with Crippen LogP contribution in [-0.2, 0) is 9.59 Å². The van der Waals surface area contributed by atoms with Crippen molar-refractivity contribution in [3.8, 4) is 0 Å². The van der Waals surface area contributed by atoms with Crippen LogP contribution in [0, 0.1) is 13.8 Å². The lowest BCUT2D eigenvalue weighted by molar-refractivity contribution is -0.141. The van der Waals surface area contributed by atoms with Crippen LogP contribution in [0.4, 0.5) is 0 Å². The number of aryl methyl sites for hydroxylation is 2. The average molecular weight is 417 g/mol. The van der Waals surface area contributed by atoms with E-state index in [4.69, 9.17) is 5.11 Å². The first-order valence-corrected chi connectivity index (χ1v) is 10.1. The summed E-state index contributed by atoms with van der Waals surface area (Å²) in [5, 5.41) is 15.7. The zero-order valence-corrected chi connectivity index (χ0v) is 17.4. The van der Waals surface area contributed by atoms with E-state index in [1.54, 1.807) is 6.07 Å². The second kappa shape index (κ2) is 8.18. The number of carboxylic acid groups (broad SMARTS) is 1. The summed E-state index contributed by atoms with van der Waals surface area (Å²) in [7, 11) is 0. The second-order valence-electron chi connectivity index (χ2n) is 7.86. The van der Waals surface area contributed by atoms with E-state index >= 15 is 0 Å². The van der Waals surface area contributed by atoms with Crippen molar-refractivity contribution >= 4 is 28.5 Å². The number of hydrazone groups is 1. The van der Waals surface area contributed by atoms with Gasteiger partial charge in [0.2, 0.25) is 5.91 Å². The molecule has 1 aliphatic heterocycles. The normalized spacial score (nSPS) is 15.9. The van der Waals surface area contributed by atoms with Crippen molar-refractivity contribution in [2.75, 3.05) is 0 Å². The number of fused-ring (bicyclic) bond motifs is 1. The third-order valence-electron chi connectivity index (χ3n) is 5.55. The molecule has 0 saturated carbocycles. The van der Waals surface area contributed by atoms with Crippen molar-refractivity contribution in [1.29, 1.82) is 0 Å². The molecule has 1 unspecified atom stereocenters. The molecule has 2 aromatic carbocycles. The SMILES string of the molecule is Cc1cccc(C2=NN(C(=O)CCC(=O)O)C(c3cc4cccc(C)c4[nH]c3=O)C2)c1. The Morgan fingerprint density at radius 3 is 2.65 bits per heavy atom. The van der Waals surface area contributed by atoms with Gasteiger partial charge in [0.1, 0.15) is 0 Å². The third kappa shape index (κ3) is 4.12. The van der Waals surface area contributed by atoms with Gasteiger partial charge in [-0.3, -0.25) is 14.4 Å². The van der Waals surface area contributed by atoms with Gasteiger partial charge in [0.25, 0.3) is 5.56 Å². The maximum absolute atomic E-state index is 13.0. The number of carbonyl (C=O) groups excluding carboxylic acids is 1. The third-order valence-corrected chi connectivity index (χ3v) is 5.55. The summed E-state index contributed by atoms with van der Waals surface area (Å²) in [6.07, 6.45) is -0.0890. The number of pyridine rings is 1. The lowest BCUT2D eigenvalue weighted by Crippen LogP contribution is -2.31. The lowest BCUT2D eigenvalue weighted by Gasteiger charge is -2.21. The van der Waals surface area contributed by atoms with Crippen molar-refractivity contribution in [3.63, 3.8) is 0 Å². The Kier molecular flexibility index (Phi) is 5.42. The van der Waals surface area contributed by atoms with Crippen molar-refractivity contribution in [2.45, 2.75) is 39.2 Å². The number of nitrogens with zero attached hydrogens (tertiary/aromatic N) is 2. The van der Waals surface area contributed by atoms with Crippen molar-refractivity contribution in [2.24, 2.45) is 5.10 Å². The Morgan fingerprint density at radius 1 is 1.13 bits per heavy atom. The fourth-order valence-electron chi connectivity index (χ4n) is 3.96. The summed E-state index contributed by atoms with van der Waals surface area (Å²) in [5.74, 6) is -1.47. The van der Waals surface area contributed by atoms with E-state index in [1.165, 1.54) is 5.01 Å². The van der Waals surface area contributed by atoms with Crippen LogP contribution in [0.5, 0.6) is 0 Å². The van der Waals surface area contributed by atoms with Gasteiger partial charge in [-0.2, -0.15) is 5.10 Å². The van der Waals surface area contributed by atoms with Gasteiger partial charge in [0.05, 0.1) is 23.7 Å². The van der Waals surface area contributed by atoms with Gasteiger partial charge in [-0.1, -0.05) is 48.0 Å². The summed E-state index contributed by atoms with van der Waals surface area (Å²) in [4.78, 5) is 39.7. The number of benzene rings is 2. The molecule has 7 heteroatoms. The smallest absolute Gasteiger partial charge is 0.303 e. The van der Waals surface area contributed by atoms with E-state index in [0.717, 1.165) is 27.6 Å². The Labute approximate surface area is 179 Å². The maximum atomic E-state index is 13.0. The summed E-state index contributed by atoms with van der Waals surface area (Å²) < 4.78 is 0. The number of carboxylic acids is 1. The number of aromatic nitrogens is 1. The van der Waals surface area contributed by atoms with E-state index in [-0.39, 0.29) is 18.4 Å². The molecule has 1 aromatic heterocycles. The van der Waals surface area contributed by atoms with E-state index < -0.39 is 17.9 Å². The number of amides is 1. The number of aromatic amines is 1. The van der Waals surface area contributed by atoms with E-state index in [0.29, 0.717) is 17.7 Å². The summed E-state index contributed by atoms with van der Waals surface area (Å²) >= 11 is 0. The van der Waals surface area contributed by atoms with E-state index in [9.17, 15) is 14.4 Å². The molecule has 7 nitrogen and oxygen atoms in total. The predicted molar refractivity (Wildman–Crippen MR) is 118 cm³/mol. The first kappa shape index (κ1) is 20.5. The Hall–Kier alpha value is -3.74. The number of rotatable bonds is 5. The molecule has 3 aromatic rings. The molecule has 0 radical (unpaired) electrons. The number of hydrogen-bond acceptors (Lipinski definition) is 4. The zero-order valence-electron chi connectivity index (χ0n) is 17.4. The number of para-hydroxylation sites is 1. The summed E-state index contributed by atoms with van der Waals surface area (Å²) in [5.41, 5.74) is 4.52. The number of aliphatic carboxylic acids is 1. The quantitative estimate of drug-likeness (QED) is 0.661. The molecule has 1 atom stereocenters. The molecule has 4 rings (SSSR count). The van der Waals surface area contributed by atoms with Gasteiger partial charge in [-0.05, 0) is 36.4 Å². The van der Waals surface area contributed by atoms with Gasteiger partial charge >= 0.3 is 5.97 Å². The summed E-state index contributed by atoms with van der Waals surface area (Å²) in [6.45, 7) is 3.90. The number of H-pyrrole nitrogens is 1. The van der Waals surface area contributed by atoms with E-state index in [1.807, 2.05) is 56.3 Å². The Morgan fingerprint density at radius 2 is 1.90 bits per heavy atom. The topological polar surface area (TPSA) is 103 Å².